The van der Waals surface area contributed by atoms with Gasteiger partial charge in [-0.3, -0.25) is 18.6 Å². The Morgan fingerprint density at radius 2 is 1.00 bits per heavy atom. The average Bonchev–Trinajstić information content (AvgIpc) is 3.10. The highest BCUT2D eigenvalue weighted by atomic mass is 31.2. The van der Waals surface area contributed by atoms with Gasteiger partial charge in [0, 0.05) is 12.8 Å². The Balaban J connectivity index is 2.52. The van der Waals surface area contributed by atoms with Gasteiger partial charge >= 0.3 is 19.8 Å². The van der Waals surface area contributed by atoms with Crippen molar-refractivity contribution in [2.75, 3.05) is 13.2 Å². The van der Waals surface area contributed by atoms with E-state index in [9.17, 15) is 44.6 Å². The highest BCUT2D eigenvalue weighted by Crippen LogP contribution is 2.47. The van der Waals surface area contributed by atoms with Gasteiger partial charge in [-0.05, 0) is 38.5 Å². The number of allylic oxidation sites excluding steroid dienone is 2. The predicted molar refractivity (Wildman–Crippen MR) is 194 cm³/mol. The van der Waals surface area contributed by atoms with E-state index in [0.717, 1.165) is 57.8 Å². The molecule has 0 aromatic rings. The number of aliphatic hydroxyl groups excluding tert-OH is 5. The van der Waals surface area contributed by atoms with Gasteiger partial charge in [-0.1, -0.05) is 116 Å². The maximum atomic E-state index is 12.7. The second-order valence-electron chi connectivity index (χ2n) is 13.8. The Labute approximate surface area is 305 Å². The molecule has 300 valence electrons. The van der Waals surface area contributed by atoms with Crippen LogP contribution in [0.3, 0.4) is 0 Å². The number of carbonyl (C=O) groups excluding carboxylic acids is 2. The molecule has 0 aliphatic heterocycles. The Morgan fingerprint density at radius 3 is 1.51 bits per heavy atom. The third kappa shape index (κ3) is 22.4. The van der Waals surface area contributed by atoms with Crippen LogP contribution < -0.4 is 0 Å². The molecule has 0 aromatic carbocycles. The van der Waals surface area contributed by atoms with Crippen LogP contribution in [0.1, 0.15) is 155 Å². The molecular formula is C37H69O13P. The lowest BCUT2D eigenvalue weighted by molar-refractivity contribution is -0.220. The zero-order valence-corrected chi connectivity index (χ0v) is 32.0. The largest absolute Gasteiger partial charge is 0.472 e. The summed E-state index contributed by atoms with van der Waals surface area (Å²) >= 11 is 0. The first-order valence-electron chi connectivity index (χ1n) is 19.5. The molecule has 6 N–H and O–H groups in total. The molecule has 1 rings (SSSR count). The summed E-state index contributed by atoms with van der Waals surface area (Å²) in [5, 5.41) is 49.8. The smallest absolute Gasteiger partial charge is 0.462 e. The van der Waals surface area contributed by atoms with Crippen molar-refractivity contribution < 1.29 is 63.1 Å². The number of phosphoric ester groups is 1. The first-order valence-corrected chi connectivity index (χ1v) is 21.0. The van der Waals surface area contributed by atoms with E-state index in [-0.39, 0.29) is 12.8 Å². The molecule has 1 saturated carbocycles. The normalized spacial score (nSPS) is 24.0. The molecule has 1 aliphatic rings. The monoisotopic (exact) mass is 752 g/mol. The second kappa shape index (κ2) is 29.0. The number of phosphoric acid groups is 1. The van der Waals surface area contributed by atoms with E-state index in [4.69, 9.17) is 18.5 Å². The van der Waals surface area contributed by atoms with Crippen LogP contribution in [0.4, 0.5) is 0 Å². The molecular weight excluding hydrogens is 683 g/mol. The fourth-order valence-electron chi connectivity index (χ4n) is 5.87. The molecule has 51 heavy (non-hydrogen) atoms. The van der Waals surface area contributed by atoms with Gasteiger partial charge in [0.05, 0.1) is 6.61 Å². The molecule has 0 radical (unpaired) electrons. The average molecular weight is 753 g/mol. The summed E-state index contributed by atoms with van der Waals surface area (Å²) in [6.07, 6.45) is 13.2. The molecule has 0 saturated heterocycles. The van der Waals surface area contributed by atoms with E-state index in [2.05, 4.69) is 26.0 Å². The summed E-state index contributed by atoms with van der Waals surface area (Å²) in [6, 6.07) is 0. The summed E-state index contributed by atoms with van der Waals surface area (Å²) in [7, 11) is -5.10. The summed E-state index contributed by atoms with van der Waals surface area (Å²) < 4.78 is 33.2. The number of unbranched alkanes of at least 4 members (excludes halogenated alkanes) is 17. The quantitative estimate of drug-likeness (QED) is 0.0210. The van der Waals surface area contributed by atoms with Crippen molar-refractivity contribution >= 4 is 19.8 Å². The number of esters is 2. The molecule has 8 atom stereocenters. The summed E-state index contributed by atoms with van der Waals surface area (Å²) in [5.74, 6) is -1.12. The van der Waals surface area contributed by atoms with Crippen LogP contribution in [0.5, 0.6) is 0 Å². The summed E-state index contributed by atoms with van der Waals surface area (Å²) in [5.41, 5.74) is 0. The SMILES string of the molecule is CCCCCCCCCC/C=C/CCCCCC(=O)O[C@H](COC(=O)CCCCCCCCC)COP(=O)(O)OC1C(O)C(O)C(O)[C@@H](O)C1O. The van der Waals surface area contributed by atoms with Crippen LogP contribution in [0.25, 0.3) is 0 Å². The molecule has 0 aromatic heterocycles. The third-order valence-corrected chi connectivity index (χ3v) is 10.1. The van der Waals surface area contributed by atoms with Gasteiger partial charge in [0.25, 0.3) is 0 Å². The molecule has 14 heteroatoms. The second-order valence-corrected chi connectivity index (χ2v) is 15.2. The number of aliphatic hydroxyl groups is 5. The van der Waals surface area contributed by atoms with Crippen molar-refractivity contribution in [3.63, 3.8) is 0 Å². The molecule has 13 nitrogen and oxygen atoms in total. The highest BCUT2D eigenvalue weighted by Gasteiger charge is 2.51. The van der Waals surface area contributed by atoms with E-state index in [1.807, 2.05) is 0 Å². The molecule has 6 unspecified atom stereocenters. The number of hydrogen-bond acceptors (Lipinski definition) is 12. The minimum atomic E-state index is -5.10. The van der Waals surface area contributed by atoms with E-state index < -0.39 is 75.7 Å². The van der Waals surface area contributed by atoms with Gasteiger partial charge in [-0.15, -0.1) is 0 Å². The van der Waals surface area contributed by atoms with E-state index in [1.165, 1.54) is 57.8 Å². The van der Waals surface area contributed by atoms with Crippen LogP contribution in [0.15, 0.2) is 12.2 Å². The van der Waals surface area contributed by atoms with Gasteiger partial charge in [0.2, 0.25) is 0 Å². The van der Waals surface area contributed by atoms with Crippen molar-refractivity contribution in [1.29, 1.82) is 0 Å². The molecule has 0 heterocycles. The van der Waals surface area contributed by atoms with Crippen LogP contribution in [-0.4, -0.2) is 98.3 Å². The fourth-order valence-corrected chi connectivity index (χ4v) is 6.84. The predicted octanol–water partition coefficient (Wildman–Crippen LogP) is 5.94. The van der Waals surface area contributed by atoms with Crippen LogP contribution in [0, 0.1) is 0 Å². The molecule has 0 amide bonds. The van der Waals surface area contributed by atoms with Gasteiger partial charge in [0.1, 0.15) is 43.2 Å². The van der Waals surface area contributed by atoms with E-state index in [0.29, 0.717) is 12.8 Å². The Kier molecular flexibility index (Phi) is 27.1. The minimum Gasteiger partial charge on any atom is -0.462 e. The molecule has 0 spiro atoms. The third-order valence-electron chi connectivity index (χ3n) is 9.11. The van der Waals surface area contributed by atoms with Crippen molar-refractivity contribution in [2.24, 2.45) is 0 Å². The summed E-state index contributed by atoms with van der Waals surface area (Å²) in [6.45, 7) is 3.20. The Morgan fingerprint density at radius 1 is 0.588 bits per heavy atom. The molecule has 1 fully saturated rings. The lowest BCUT2D eigenvalue weighted by atomic mass is 9.85. The lowest BCUT2D eigenvalue weighted by Gasteiger charge is -2.41. The van der Waals surface area contributed by atoms with Gasteiger partial charge in [-0.25, -0.2) is 4.57 Å². The topological polar surface area (TPSA) is 210 Å². The van der Waals surface area contributed by atoms with E-state index in [1.54, 1.807) is 0 Å². The number of carbonyl (C=O) groups is 2. The number of hydrogen-bond donors (Lipinski definition) is 6. The standard InChI is InChI=1S/C37H69O13P/c1-3-5-7-9-11-12-13-14-15-16-17-18-20-22-24-26-31(39)49-29(27-47-30(38)25-23-21-19-10-8-6-4-2)28-48-51(45,46)50-37-35(43)33(41)32(40)34(42)36(37)44/h16-17,29,32-37,40-44H,3-15,18-28H2,1-2H3,(H,45,46)/b17-16+/t29-,32?,33-,34?,35?,36?,37?/m1/s1. The zero-order valence-electron chi connectivity index (χ0n) is 31.2. The summed E-state index contributed by atoms with van der Waals surface area (Å²) in [4.78, 5) is 35.3. The fraction of sp³-hybridized carbons (Fsp3) is 0.892. The van der Waals surface area contributed by atoms with Crippen LogP contribution in [-0.2, 0) is 32.7 Å². The first-order chi connectivity index (χ1) is 24.4. The maximum Gasteiger partial charge on any atom is 0.472 e. The van der Waals surface area contributed by atoms with Crippen LogP contribution in [0.2, 0.25) is 0 Å². The van der Waals surface area contributed by atoms with Crippen molar-refractivity contribution in [3.05, 3.63) is 12.2 Å². The van der Waals surface area contributed by atoms with Gasteiger partial charge < -0.3 is 39.9 Å². The maximum absolute atomic E-state index is 12.7. The Hall–Kier alpha value is -1.41. The zero-order chi connectivity index (χ0) is 37.9. The van der Waals surface area contributed by atoms with Crippen LogP contribution >= 0.6 is 7.82 Å². The van der Waals surface area contributed by atoms with Crippen molar-refractivity contribution in [3.8, 4) is 0 Å². The van der Waals surface area contributed by atoms with Gasteiger partial charge in [0.15, 0.2) is 6.10 Å². The van der Waals surface area contributed by atoms with Crippen molar-refractivity contribution in [2.45, 2.75) is 198 Å². The Bertz CT molecular complexity index is 964. The first kappa shape index (κ1) is 47.6. The van der Waals surface area contributed by atoms with Gasteiger partial charge in [-0.2, -0.15) is 0 Å². The molecule has 1 aliphatic carbocycles. The number of ether oxygens (including phenoxy) is 2. The highest BCUT2D eigenvalue weighted by molar-refractivity contribution is 7.47. The van der Waals surface area contributed by atoms with E-state index >= 15 is 0 Å². The number of rotatable bonds is 31. The molecule has 0 bridgehead atoms. The van der Waals surface area contributed by atoms with Crippen molar-refractivity contribution in [1.82, 2.24) is 0 Å². The minimum absolute atomic E-state index is 0.0797. The lowest BCUT2D eigenvalue weighted by Crippen LogP contribution is -2.64.